The van der Waals surface area contributed by atoms with E-state index >= 15 is 0 Å². The number of halogens is 3. The van der Waals surface area contributed by atoms with Crippen molar-refractivity contribution in [2.45, 2.75) is 20.0 Å². The van der Waals surface area contributed by atoms with Gasteiger partial charge in [-0.1, -0.05) is 0 Å². The molecular weight excluding hydrogens is 470 g/mol. The summed E-state index contributed by atoms with van der Waals surface area (Å²) < 4.78 is 8.70. The third-order valence-corrected chi connectivity index (χ3v) is 5.76. The van der Waals surface area contributed by atoms with Gasteiger partial charge >= 0.3 is 0 Å². The summed E-state index contributed by atoms with van der Waals surface area (Å²) >= 11 is 12.4. The lowest BCUT2D eigenvalue weighted by molar-refractivity contribution is 0.336. The fraction of sp³-hybridized carbons (Fsp3) is 0.286. The van der Waals surface area contributed by atoms with Gasteiger partial charge in [-0.05, 0) is 83.9 Å². The summed E-state index contributed by atoms with van der Waals surface area (Å²) in [7, 11) is 0. The van der Waals surface area contributed by atoms with E-state index in [0.717, 1.165) is 27.8 Å². The largest absolute Gasteiger partial charge is 0.492 e. The van der Waals surface area contributed by atoms with E-state index in [2.05, 4.69) is 76.7 Å². The number of thiophene rings is 1. The number of nitrogens with one attached hydrogen (secondary N) is 1. The zero-order chi connectivity index (χ0) is 14.5. The monoisotopic (exact) mass is 481 g/mol. The van der Waals surface area contributed by atoms with Crippen molar-refractivity contribution in [3.8, 4) is 5.75 Å². The lowest BCUT2D eigenvalue weighted by Crippen LogP contribution is -2.12. The van der Waals surface area contributed by atoms with E-state index in [1.54, 1.807) is 11.3 Å². The molecular formula is C14H14Br3NOS. The van der Waals surface area contributed by atoms with E-state index in [1.165, 1.54) is 14.9 Å². The van der Waals surface area contributed by atoms with Crippen LogP contribution in [0.5, 0.6) is 5.75 Å². The molecule has 0 unspecified atom stereocenters. The Morgan fingerprint density at radius 1 is 1.10 bits per heavy atom. The highest BCUT2D eigenvalue weighted by atomic mass is 79.9. The molecule has 0 bridgehead atoms. The minimum absolute atomic E-state index is 0.654. The molecule has 0 aliphatic rings. The quantitative estimate of drug-likeness (QED) is 0.567. The van der Waals surface area contributed by atoms with Crippen molar-refractivity contribution in [2.24, 2.45) is 0 Å². The van der Waals surface area contributed by atoms with Gasteiger partial charge in [-0.3, -0.25) is 0 Å². The summed E-state index contributed by atoms with van der Waals surface area (Å²) in [5, 5.41) is 5.54. The van der Waals surface area contributed by atoms with Crippen molar-refractivity contribution in [3.05, 3.63) is 47.4 Å². The SMILES string of the molecule is CCOc1c(Br)cc(CNCc2sccc2Br)cc1Br. The van der Waals surface area contributed by atoms with Gasteiger partial charge in [0.1, 0.15) is 5.75 Å². The molecule has 2 nitrogen and oxygen atoms in total. The Morgan fingerprint density at radius 2 is 1.80 bits per heavy atom. The molecule has 0 spiro atoms. The molecule has 1 aromatic carbocycles. The van der Waals surface area contributed by atoms with Crippen LogP contribution in [0.4, 0.5) is 0 Å². The molecule has 0 fully saturated rings. The average Bonchev–Trinajstić information content (AvgIpc) is 2.80. The molecule has 0 amide bonds. The van der Waals surface area contributed by atoms with Crippen molar-refractivity contribution >= 4 is 59.1 Å². The van der Waals surface area contributed by atoms with Gasteiger partial charge < -0.3 is 10.1 Å². The van der Waals surface area contributed by atoms with Crippen LogP contribution in [0.3, 0.4) is 0 Å². The topological polar surface area (TPSA) is 21.3 Å². The maximum atomic E-state index is 5.58. The molecule has 0 saturated carbocycles. The highest BCUT2D eigenvalue weighted by molar-refractivity contribution is 9.11. The van der Waals surface area contributed by atoms with Crippen molar-refractivity contribution in [1.82, 2.24) is 5.32 Å². The first-order valence-electron chi connectivity index (χ1n) is 6.15. The molecule has 0 aliphatic heterocycles. The smallest absolute Gasteiger partial charge is 0.147 e. The van der Waals surface area contributed by atoms with Crippen molar-refractivity contribution < 1.29 is 4.74 Å². The minimum Gasteiger partial charge on any atom is -0.492 e. The highest BCUT2D eigenvalue weighted by Gasteiger charge is 2.08. The first-order chi connectivity index (χ1) is 9.61. The van der Waals surface area contributed by atoms with E-state index in [1.807, 2.05) is 6.92 Å². The number of rotatable bonds is 6. The van der Waals surface area contributed by atoms with Gasteiger partial charge in [0.15, 0.2) is 0 Å². The molecule has 0 aliphatic carbocycles. The summed E-state index contributed by atoms with van der Waals surface area (Å²) in [6.45, 7) is 4.31. The third-order valence-electron chi connectivity index (χ3n) is 2.65. The van der Waals surface area contributed by atoms with Crippen molar-refractivity contribution in [1.29, 1.82) is 0 Å². The summed E-state index contributed by atoms with van der Waals surface area (Å²) in [6.07, 6.45) is 0. The lowest BCUT2D eigenvalue weighted by atomic mass is 10.2. The second kappa shape index (κ2) is 7.94. The zero-order valence-corrected chi connectivity index (χ0v) is 16.5. The zero-order valence-electron chi connectivity index (χ0n) is 10.9. The molecule has 2 aromatic rings. The van der Waals surface area contributed by atoms with Gasteiger partial charge in [0.2, 0.25) is 0 Å². The number of hydrogen-bond donors (Lipinski definition) is 1. The number of benzene rings is 1. The predicted octanol–water partition coefficient (Wildman–Crippen LogP) is 5.72. The van der Waals surface area contributed by atoms with Crippen molar-refractivity contribution in [3.63, 3.8) is 0 Å². The number of ether oxygens (including phenoxy) is 1. The molecule has 6 heteroatoms. The molecule has 0 atom stereocenters. The van der Waals surface area contributed by atoms with Gasteiger partial charge in [0.25, 0.3) is 0 Å². The summed E-state index contributed by atoms with van der Waals surface area (Å²) in [6, 6.07) is 6.25. The standard InChI is InChI=1S/C14H14Br3NOS/c1-2-19-14-11(16)5-9(6-12(14)17)7-18-8-13-10(15)3-4-20-13/h3-6,18H,2,7-8H2,1H3. The minimum atomic E-state index is 0.654. The Bertz CT molecular complexity index is 563. The summed E-state index contributed by atoms with van der Waals surface area (Å²) in [5.74, 6) is 0.859. The Labute approximate surface area is 148 Å². The van der Waals surface area contributed by atoms with Crippen LogP contribution in [-0.4, -0.2) is 6.61 Å². The van der Waals surface area contributed by atoms with Gasteiger partial charge in [-0.15, -0.1) is 11.3 Å². The molecule has 20 heavy (non-hydrogen) atoms. The first-order valence-corrected chi connectivity index (χ1v) is 9.41. The molecule has 0 saturated heterocycles. The molecule has 1 heterocycles. The van der Waals surface area contributed by atoms with E-state index < -0.39 is 0 Å². The molecule has 108 valence electrons. The normalized spacial score (nSPS) is 10.8. The molecule has 1 aromatic heterocycles. The Hall–Kier alpha value is 0.120. The van der Waals surface area contributed by atoms with Crippen LogP contribution in [0.15, 0.2) is 37.0 Å². The third kappa shape index (κ3) is 4.31. The first kappa shape index (κ1) is 16.5. The van der Waals surface area contributed by atoms with Gasteiger partial charge in [0, 0.05) is 22.4 Å². The van der Waals surface area contributed by atoms with Crippen LogP contribution in [0.25, 0.3) is 0 Å². The Balaban J connectivity index is 1.98. The predicted molar refractivity (Wildman–Crippen MR) is 95.6 cm³/mol. The van der Waals surface area contributed by atoms with E-state index in [9.17, 15) is 0 Å². The van der Waals surface area contributed by atoms with Crippen molar-refractivity contribution in [2.75, 3.05) is 6.61 Å². The van der Waals surface area contributed by atoms with Crippen LogP contribution in [0, 0.1) is 0 Å². The average molecular weight is 484 g/mol. The fourth-order valence-electron chi connectivity index (χ4n) is 1.77. The van der Waals surface area contributed by atoms with Crippen LogP contribution >= 0.6 is 59.1 Å². The van der Waals surface area contributed by atoms with Crippen LogP contribution < -0.4 is 10.1 Å². The van der Waals surface area contributed by atoms with Crippen LogP contribution in [0.1, 0.15) is 17.4 Å². The van der Waals surface area contributed by atoms with Crippen LogP contribution in [-0.2, 0) is 13.1 Å². The molecule has 2 rings (SSSR count). The summed E-state index contributed by atoms with van der Waals surface area (Å²) in [5.41, 5.74) is 1.21. The van der Waals surface area contributed by atoms with E-state index in [0.29, 0.717) is 6.61 Å². The highest BCUT2D eigenvalue weighted by Crippen LogP contribution is 2.34. The fourth-order valence-corrected chi connectivity index (χ4v) is 4.74. The van der Waals surface area contributed by atoms with E-state index in [-0.39, 0.29) is 0 Å². The Morgan fingerprint density at radius 3 is 2.35 bits per heavy atom. The molecule has 0 radical (unpaired) electrons. The number of hydrogen-bond acceptors (Lipinski definition) is 3. The summed E-state index contributed by atoms with van der Waals surface area (Å²) in [4.78, 5) is 1.31. The second-order valence-electron chi connectivity index (χ2n) is 4.12. The second-order valence-corrected chi connectivity index (χ2v) is 7.68. The van der Waals surface area contributed by atoms with Crippen LogP contribution in [0.2, 0.25) is 0 Å². The maximum absolute atomic E-state index is 5.58. The Kier molecular flexibility index (Phi) is 6.55. The molecule has 1 N–H and O–H groups in total. The lowest BCUT2D eigenvalue weighted by Gasteiger charge is -2.11. The van der Waals surface area contributed by atoms with E-state index in [4.69, 9.17) is 4.74 Å². The van der Waals surface area contributed by atoms with Gasteiger partial charge in [-0.25, -0.2) is 0 Å². The van der Waals surface area contributed by atoms with Gasteiger partial charge in [-0.2, -0.15) is 0 Å². The van der Waals surface area contributed by atoms with Gasteiger partial charge in [0.05, 0.1) is 15.6 Å². The maximum Gasteiger partial charge on any atom is 0.147 e.